The molecule has 0 bridgehead atoms. The molecule has 1 saturated heterocycles. The Morgan fingerprint density at radius 3 is 2.48 bits per heavy atom. The van der Waals surface area contributed by atoms with E-state index in [-0.39, 0.29) is 5.82 Å². The lowest BCUT2D eigenvalue weighted by atomic mass is 10.1. The fourth-order valence-electron chi connectivity index (χ4n) is 3.63. The first-order valence-corrected chi connectivity index (χ1v) is 10.9. The minimum Gasteiger partial charge on any atom is -0.379 e. The third-order valence-corrected chi connectivity index (χ3v) is 5.44. The number of nitrogens with zero attached hydrogens (tertiary/aromatic N) is 3. The zero-order valence-electron chi connectivity index (χ0n) is 18.6. The Bertz CT molecular complexity index is 821. The summed E-state index contributed by atoms with van der Waals surface area (Å²) < 4.78 is 18.5. The van der Waals surface area contributed by atoms with Gasteiger partial charge in [-0.05, 0) is 35.9 Å². The van der Waals surface area contributed by atoms with Crippen LogP contribution in [0.3, 0.4) is 0 Å². The van der Waals surface area contributed by atoms with Crippen LogP contribution in [-0.4, -0.2) is 69.2 Å². The van der Waals surface area contributed by atoms with Crippen LogP contribution in [0.25, 0.3) is 0 Å². The van der Waals surface area contributed by atoms with Crippen LogP contribution in [0.2, 0.25) is 0 Å². The van der Waals surface area contributed by atoms with Gasteiger partial charge in [0.2, 0.25) is 0 Å². The zero-order valence-corrected chi connectivity index (χ0v) is 18.6. The number of guanidine groups is 1. The summed E-state index contributed by atoms with van der Waals surface area (Å²) in [5.41, 5.74) is 3.72. The molecule has 6 nitrogen and oxygen atoms in total. The molecule has 0 amide bonds. The van der Waals surface area contributed by atoms with Crippen molar-refractivity contribution in [3.8, 4) is 0 Å². The van der Waals surface area contributed by atoms with Crippen molar-refractivity contribution in [1.29, 1.82) is 0 Å². The molecule has 1 aliphatic rings. The van der Waals surface area contributed by atoms with Crippen LogP contribution in [0.15, 0.2) is 53.5 Å². The average molecular weight is 428 g/mol. The van der Waals surface area contributed by atoms with Gasteiger partial charge in [-0.25, -0.2) is 4.39 Å². The summed E-state index contributed by atoms with van der Waals surface area (Å²) >= 11 is 0. The fourth-order valence-corrected chi connectivity index (χ4v) is 3.63. The molecule has 1 fully saturated rings. The predicted octanol–water partition coefficient (Wildman–Crippen LogP) is 2.45. The molecule has 168 valence electrons. The number of likely N-dealkylation sites (N-methyl/N-ethyl adjacent to an activating group) is 1. The van der Waals surface area contributed by atoms with Crippen molar-refractivity contribution in [3.05, 3.63) is 71.0 Å². The molecule has 0 atom stereocenters. The zero-order chi connectivity index (χ0) is 21.9. The van der Waals surface area contributed by atoms with Gasteiger partial charge in [-0.15, -0.1) is 0 Å². The minimum atomic E-state index is -0.200. The van der Waals surface area contributed by atoms with E-state index in [1.165, 1.54) is 23.3 Å². The van der Waals surface area contributed by atoms with Crippen molar-refractivity contribution < 1.29 is 9.13 Å². The molecule has 1 aliphatic heterocycles. The molecule has 2 N–H and O–H groups in total. The average Bonchev–Trinajstić information content (AvgIpc) is 2.79. The number of morpholine rings is 1. The molecule has 2 aromatic carbocycles. The lowest BCUT2D eigenvalue weighted by molar-refractivity contribution is 0.0341. The van der Waals surface area contributed by atoms with Gasteiger partial charge in [0.1, 0.15) is 5.82 Å². The van der Waals surface area contributed by atoms with Gasteiger partial charge in [0.05, 0.1) is 13.2 Å². The smallest absolute Gasteiger partial charge is 0.191 e. The summed E-state index contributed by atoms with van der Waals surface area (Å²) in [6.07, 6.45) is 0. The fraction of sp³-hybridized carbons (Fsp3) is 0.458. The number of hydrogen-bond donors (Lipinski definition) is 2. The Morgan fingerprint density at radius 2 is 1.77 bits per heavy atom. The summed E-state index contributed by atoms with van der Waals surface area (Å²) in [7, 11) is 3.85. The first kappa shape index (κ1) is 23.2. The second-order valence-corrected chi connectivity index (χ2v) is 7.87. The summed E-state index contributed by atoms with van der Waals surface area (Å²) in [5, 5.41) is 6.81. The van der Waals surface area contributed by atoms with E-state index in [9.17, 15) is 4.39 Å². The Labute approximate surface area is 185 Å². The van der Waals surface area contributed by atoms with Crippen molar-refractivity contribution in [2.75, 3.05) is 53.5 Å². The van der Waals surface area contributed by atoms with E-state index in [2.05, 4.69) is 56.7 Å². The highest BCUT2D eigenvalue weighted by Gasteiger charge is 2.13. The Hall–Kier alpha value is -2.48. The predicted molar refractivity (Wildman–Crippen MR) is 123 cm³/mol. The highest BCUT2D eigenvalue weighted by molar-refractivity contribution is 5.79. The van der Waals surface area contributed by atoms with Crippen molar-refractivity contribution in [2.45, 2.75) is 19.6 Å². The Balaban J connectivity index is 1.42. The second-order valence-electron chi connectivity index (χ2n) is 7.87. The number of nitrogens with one attached hydrogen (secondary N) is 2. The number of benzene rings is 2. The van der Waals surface area contributed by atoms with E-state index in [4.69, 9.17) is 4.74 Å². The molecule has 0 radical (unpaired) electrons. The molecule has 3 rings (SSSR count). The molecule has 31 heavy (non-hydrogen) atoms. The van der Waals surface area contributed by atoms with Crippen molar-refractivity contribution >= 4 is 5.96 Å². The molecule has 0 unspecified atom stereocenters. The van der Waals surface area contributed by atoms with Crippen LogP contribution in [0.1, 0.15) is 16.7 Å². The topological polar surface area (TPSA) is 52.1 Å². The third kappa shape index (κ3) is 7.94. The number of halogens is 1. The van der Waals surface area contributed by atoms with Gasteiger partial charge in [0.15, 0.2) is 5.96 Å². The Morgan fingerprint density at radius 1 is 1.06 bits per heavy atom. The summed E-state index contributed by atoms with van der Waals surface area (Å²) in [5.74, 6) is 0.589. The van der Waals surface area contributed by atoms with Crippen molar-refractivity contribution in [2.24, 2.45) is 4.99 Å². The van der Waals surface area contributed by atoms with Gasteiger partial charge in [0, 0.05) is 52.9 Å². The normalized spacial score (nSPS) is 15.3. The maximum absolute atomic E-state index is 13.0. The Kier molecular flexibility index (Phi) is 9.27. The highest BCUT2D eigenvalue weighted by atomic mass is 19.1. The lowest BCUT2D eigenvalue weighted by Gasteiger charge is -2.27. The van der Waals surface area contributed by atoms with Crippen LogP contribution in [-0.2, 0) is 24.4 Å². The van der Waals surface area contributed by atoms with Gasteiger partial charge in [-0.1, -0.05) is 36.4 Å². The molecule has 2 aromatic rings. The van der Waals surface area contributed by atoms with Crippen LogP contribution >= 0.6 is 0 Å². The first-order valence-electron chi connectivity index (χ1n) is 10.9. The third-order valence-electron chi connectivity index (χ3n) is 5.44. The van der Waals surface area contributed by atoms with Gasteiger partial charge in [-0.3, -0.25) is 9.89 Å². The number of ether oxygens (including phenoxy) is 1. The molecule has 0 spiro atoms. The molecule has 7 heteroatoms. The van der Waals surface area contributed by atoms with E-state index in [1.54, 1.807) is 7.05 Å². The monoisotopic (exact) mass is 427 g/mol. The number of rotatable bonds is 9. The number of hydrogen-bond acceptors (Lipinski definition) is 4. The number of aliphatic imine (C=N–C) groups is 1. The van der Waals surface area contributed by atoms with Crippen LogP contribution < -0.4 is 10.6 Å². The van der Waals surface area contributed by atoms with E-state index in [0.717, 1.165) is 70.6 Å². The van der Waals surface area contributed by atoms with Crippen molar-refractivity contribution in [3.63, 3.8) is 0 Å². The maximum Gasteiger partial charge on any atom is 0.191 e. The van der Waals surface area contributed by atoms with E-state index in [1.807, 2.05) is 12.1 Å². The largest absolute Gasteiger partial charge is 0.379 e. The molecular formula is C24H34FN5O. The summed E-state index contributed by atoms with van der Waals surface area (Å²) in [4.78, 5) is 8.98. The van der Waals surface area contributed by atoms with Crippen LogP contribution in [0, 0.1) is 5.82 Å². The van der Waals surface area contributed by atoms with Gasteiger partial charge in [-0.2, -0.15) is 0 Å². The molecule has 0 aromatic heterocycles. The molecular weight excluding hydrogens is 393 g/mol. The van der Waals surface area contributed by atoms with Crippen LogP contribution in [0.4, 0.5) is 4.39 Å². The lowest BCUT2D eigenvalue weighted by Crippen LogP contribution is -2.40. The summed E-state index contributed by atoms with van der Waals surface area (Å²) in [6, 6.07) is 15.2. The van der Waals surface area contributed by atoms with E-state index >= 15 is 0 Å². The van der Waals surface area contributed by atoms with Crippen molar-refractivity contribution in [1.82, 2.24) is 20.4 Å². The quantitative estimate of drug-likeness (QED) is 0.476. The van der Waals surface area contributed by atoms with Gasteiger partial charge >= 0.3 is 0 Å². The maximum atomic E-state index is 13.0. The first-order chi connectivity index (χ1) is 15.1. The standard InChI is InChI=1S/C24H34FN5O/c1-26-24(27-11-12-29(2)18-20-7-9-23(25)10-8-20)28-17-21-5-3-4-6-22(21)19-30-13-15-31-16-14-30/h3-10H,11-19H2,1-2H3,(H2,26,27,28). The molecule has 0 saturated carbocycles. The van der Waals surface area contributed by atoms with Gasteiger partial charge in [0.25, 0.3) is 0 Å². The van der Waals surface area contributed by atoms with E-state index < -0.39 is 0 Å². The molecule has 0 aliphatic carbocycles. The summed E-state index contributed by atoms with van der Waals surface area (Å²) in [6.45, 7) is 7.67. The van der Waals surface area contributed by atoms with Crippen LogP contribution in [0.5, 0.6) is 0 Å². The van der Waals surface area contributed by atoms with Gasteiger partial charge < -0.3 is 20.3 Å². The second kappa shape index (κ2) is 12.4. The highest BCUT2D eigenvalue weighted by Crippen LogP contribution is 2.13. The van der Waals surface area contributed by atoms with E-state index in [0.29, 0.717) is 0 Å². The SMILES string of the molecule is CN=C(NCCN(C)Cc1ccc(F)cc1)NCc1ccccc1CN1CCOCC1. The minimum absolute atomic E-state index is 0.200. The molecule has 1 heterocycles.